The predicted molar refractivity (Wildman–Crippen MR) is 146 cm³/mol. The van der Waals surface area contributed by atoms with Crippen molar-refractivity contribution in [1.29, 1.82) is 0 Å². The van der Waals surface area contributed by atoms with Crippen LogP contribution in [-0.2, 0) is 10.0 Å². The fourth-order valence-corrected chi connectivity index (χ4v) is 5.23. The summed E-state index contributed by atoms with van der Waals surface area (Å²) < 4.78 is 48.0. The quantitative estimate of drug-likeness (QED) is 0.421. The minimum atomic E-state index is -4.28. The number of nitrogen functional groups attached to an aromatic ring is 1. The Balaban J connectivity index is 0.00000420. The van der Waals surface area contributed by atoms with E-state index in [-0.39, 0.29) is 29.8 Å². The third kappa shape index (κ3) is 6.39. The summed E-state index contributed by atoms with van der Waals surface area (Å²) in [5, 5.41) is -0.364. The van der Waals surface area contributed by atoms with Crippen molar-refractivity contribution in [3.05, 3.63) is 59.9 Å². The molecule has 0 radical (unpaired) electrons. The Hall–Kier alpha value is -3.73. The molecule has 3 heterocycles. The van der Waals surface area contributed by atoms with Gasteiger partial charge in [0.1, 0.15) is 23.2 Å². The zero-order valence-corrected chi connectivity index (χ0v) is 22.5. The van der Waals surface area contributed by atoms with E-state index in [0.29, 0.717) is 36.0 Å². The van der Waals surface area contributed by atoms with Crippen molar-refractivity contribution in [2.45, 2.75) is 51.1 Å². The lowest BCUT2D eigenvalue weighted by molar-refractivity contribution is 0.0981. The van der Waals surface area contributed by atoms with Gasteiger partial charge in [-0.3, -0.25) is 4.79 Å². The lowest BCUT2D eigenvalue weighted by Crippen LogP contribution is -2.40. The van der Waals surface area contributed by atoms with Gasteiger partial charge in [-0.05, 0) is 68.5 Å². The van der Waals surface area contributed by atoms with Gasteiger partial charge in [0.05, 0.1) is 17.9 Å². The van der Waals surface area contributed by atoms with Crippen LogP contribution in [0.1, 0.15) is 51.8 Å². The maximum Gasteiger partial charge on any atom is 0.281 e. The summed E-state index contributed by atoms with van der Waals surface area (Å²) in [7, 11) is -4.28. The van der Waals surface area contributed by atoms with Gasteiger partial charge in [0.25, 0.3) is 15.9 Å². The first-order valence-corrected chi connectivity index (χ1v) is 14.0. The van der Waals surface area contributed by atoms with Gasteiger partial charge in [-0.2, -0.15) is 8.42 Å². The average Bonchev–Trinajstić information content (AvgIpc) is 2.87. The van der Waals surface area contributed by atoms with Gasteiger partial charge in [0, 0.05) is 25.6 Å². The fraction of sp³-hybridized carbons (Fsp3) is 0.370. The molecular formula is C27H34FN5O4S. The number of nitrogens with zero attached hydrogens (tertiary/aromatic N) is 3. The molecule has 38 heavy (non-hydrogen) atoms. The van der Waals surface area contributed by atoms with Crippen LogP contribution in [0.5, 0.6) is 5.75 Å². The van der Waals surface area contributed by atoms with Gasteiger partial charge < -0.3 is 15.4 Å². The predicted octanol–water partition coefficient (Wildman–Crippen LogP) is 4.64. The molecule has 0 aliphatic carbocycles. The van der Waals surface area contributed by atoms with Crippen molar-refractivity contribution in [1.82, 2.24) is 14.7 Å². The number of hydrogen-bond donors (Lipinski definition) is 2. The fourth-order valence-electron chi connectivity index (χ4n) is 4.28. The molecule has 1 aromatic carbocycles. The Kier molecular flexibility index (Phi) is 8.15. The maximum absolute atomic E-state index is 14.5. The van der Waals surface area contributed by atoms with E-state index in [0.717, 1.165) is 19.3 Å². The number of benzene rings is 1. The summed E-state index contributed by atoms with van der Waals surface area (Å²) in [5.41, 5.74) is 6.62. The molecule has 0 spiro atoms. The number of ether oxygens (including phenoxy) is 1. The number of carbonyl (C=O) groups is 1. The Morgan fingerprint density at radius 2 is 2.00 bits per heavy atom. The van der Waals surface area contributed by atoms with E-state index in [9.17, 15) is 17.6 Å². The smallest absolute Gasteiger partial charge is 0.281 e. The first-order chi connectivity index (χ1) is 18.0. The second kappa shape index (κ2) is 11.3. The van der Waals surface area contributed by atoms with Crippen molar-refractivity contribution in [2.24, 2.45) is 5.92 Å². The zero-order valence-electron chi connectivity index (χ0n) is 21.6. The highest BCUT2D eigenvalue weighted by atomic mass is 32.2. The lowest BCUT2D eigenvalue weighted by Gasteiger charge is -2.35. The number of aromatic nitrogens is 2. The zero-order chi connectivity index (χ0) is 27.4. The molecule has 204 valence electrons. The third-order valence-corrected chi connectivity index (χ3v) is 7.42. The number of halogens is 1. The number of pyridine rings is 2. The van der Waals surface area contributed by atoms with Gasteiger partial charge in [0.2, 0.25) is 0 Å². The van der Waals surface area contributed by atoms with Crippen LogP contribution in [0.2, 0.25) is 0 Å². The first-order valence-electron chi connectivity index (χ1n) is 12.5. The number of hydrogen-bond acceptors (Lipinski definition) is 8. The van der Waals surface area contributed by atoms with E-state index in [1.165, 1.54) is 36.4 Å². The highest BCUT2D eigenvalue weighted by Gasteiger charge is 2.28. The number of nitrogens with one attached hydrogen (secondary N) is 1. The van der Waals surface area contributed by atoms with E-state index in [4.69, 9.17) is 15.5 Å². The van der Waals surface area contributed by atoms with E-state index < -0.39 is 21.7 Å². The van der Waals surface area contributed by atoms with Crippen molar-refractivity contribution in [3.8, 4) is 17.0 Å². The Morgan fingerprint density at radius 3 is 2.71 bits per heavy atom. The summed E-state index contributed by atoms with van der Waals surface area (Å²) >= 11 is 0. The number of carbonyl (C=O) groups excluding carboxylic acids is 1. The topological polar surface area (TPSA) is 128 Å². The molecule has 1 aliphatic heterocycles. The normalized spacial score (nSPS) is 15.9. The minimum absolute atomic E-state index is 0. The van der Waals surface area contributed by atoms with E-state index >= 15 is 0 Å². The molecule has 2 aromatic heterocycles. The van der Waals surface area contributed by atoms with Crippen molar-refractivity contribution < 1.29 is 23.8 Å². The number of anilines is 2. The molecule has 3 aromatic rings. The van der Waals surface area contributed by atoms with Crippen LogP contribution in [0.15, 0.2) is 53.6 Å². The molecule has 9 nitrogen and oxygen atoms in total. The van der Waals surface area contributed by atoms with Crippen LogP contribution in [0.4, 0.5) is 16.0 Å². The second-order valence-corrected chi connectivity index (χ2v) is 11.5. The molecule has 0 saturated carbocycles. The average molecular weight is 544 g/mol. The molecule has 11 heteroatoms. The molecule has 4 rings (SSSR count). The highest BCUT2D eigenvalue weighted by molar-refractivity contribution is 7.90. The Morgan fingerprint density at radius 1 is 1.21 bits per heavy atom. The number of rotatable bonds is 8. The molecule has 1 unspecified atom stereocenters. The van der Waals surface area contributed by atoms with Gasteiger partial charge >= 0.3 is 0 Å². The molecular weight excluding hydrogens is 509 g/mol. The summed E-state index contributed by atoms with van der Waals surface area (Å²) in [6.45, 7) is 7.11. The monoisotopic (exact) mass is 543 g/mol. The molecule has 1 fully saturated rings. The highest BCUT2D eigenvalue weighted by Crippen LogP contribution is 2.31. The van der Waals surface area contributed by atoms with E-state index in [1.54, 1.807) is 12.1 Å². The lowest BCUT2D eigenvalue weighted by atomic mass is 10.0. The van der Waals surface area contributed by atoms with E-state index in [1.807, 2.05) is 25.7 Å². The van der Waals surface area contributed by atoms with Gasteiger partial charge in [-0.15, -0.1) is 0 Å². The number of nitrogens with two attached hydrogens (primary N) is 1. The van der Waals surface area contributed by atoms with Crippen molar-refractivity contribution in [3.63, 3.8) is 0 Å². The number of piperidine rings is 1. The molecule has 0 bridgehead atoms. The van der Waals surface area contributed by atoms with Crippen molar-refractivity contribution >= 4 is 27.6 Å². The number of amides is 1. The molecule has 3 N–H and O–H groups in total. The van der Waals surface area contributed by atoms with Crippen LogP contribution >= 0.6 is 0 Å². The Labute approximate surface area is 223 Å². The molecule has 1 atom stereocenters. The van der Waals surface area contributed by atoms with Gasteiger partial charge in [0.15, 0.2) is 5.03 Å². The second-order valence-electron chi connectivity index (χ2n) is 9.82. The van der Waals surface area contributed by atoms with Crippen molar-refractivity contribution in [2.75, 3.05) is 23.8 Å². The largest absolute Gasteiger partial charge is 0.493 e. The summed E-state index contributed by atoms with van der Waals surface area (Å²) in [6, 6.07) is 11.7. The van der Waals surface area contributed by atoms with Crippen LogP contribution in [-0.4, -0.2) is 43.5 Å². The SMILES string of the molecule is CC(C)COc1cc(F)cc(-c2ccc(C(=O)NS(=O)(=O)c3cccc(N)n3)c(N3CCCCC3C)n2)c1.[HH]. The van der Waals surface area contributed by atoms with Crippen LogP contribution in [0, 0.1) is 11.7 Å². The van der Waals surface area contributed by atoms with Crippen LogP contribution in [0.25, 0.3) is 11.3 Å². The molecule has 1 amide bonds. The standard InChI is InChI=1S/C27H32FN5O4S.H2/c1-17(2)16-37-21-14-19(13-20(28)15-21)23-11-10-22(26(30-23)33-12-5-4-7-18(33)3)27(34)32-38(35,36)25-9-6-8-24(29)31-25;/h6,8-11,13-15,17-18H,4-5,7,12,16H2,1-3H3,(H2,29,31)(H,32,34);1H. The number of sulfonamides is 1. The van der Waals surface area contributed by atoms with Gasteiger partial charge in [-0.25, -0.2) is 19.1 Å². The summed E-state index contributed by atoms with van der Waals surface area (Å²) in [5.74, 6) is -0.327. The summed E-state index contributed by atoms with van der Waals surface area (Å²) in [4.78, 5) is 23.8. The van der Waals surface area contributed by atoms with Crippen LogP contribution < -0.4 is 20.1 Å². The molecule has 1 saturated heterocycles. The third-order valence-electron chi connectivity index (χ3n) is 6.19. The minimum Gasteiger partial charge on any atom is -0.493 e. The maximum atomic E-state index is 14.5. The van der Waals surface area contributed by atoms with Crippen LogP contribution in [0.3, 0.4) is 0 Å². The summed E-state index contributed by atoms with van der Waals surface area (Å²) in [6.07, 6.45) is 2.83. The van der Waals surface area contributed by atoms with E-state index in [2.05, 4.69) is 9.71 Å². The Bertz CT molecular complexity index is 1440. The molecule has 1 aliphatic rings. The first kappa shape index (κ1) is 27.3. The van der Waals surface area contributed by atoms with Gasteiger partial charge in [-0.1, -0.05) is 19.9 Å².